The van der Waals surface area contributed by atoms with Gasteiger partial charge in [-0.15, -0.1) is 0 Å². The Hall–Kier alpha value is -0.370. The van der Waals surface area contributed by atoms with Crippen LogP contribution in [-0.4, -0.2) is 4.37 Å². The minimum Gasteiger partial charge on any atom is -0.191 e. The molecule has 43 valence electrons. The third-order valence-corrected chi connectivity index (χ3v) is 1.98. The lowest BCUT2D eigenvalue weighted by Crippen LogP contribution is -1.77. The molecule has 8 heavy (non-hydrogen) atoms. The Balaban J connectivity index is 2.77. The lowest BCUT2D eigenvalue weighted by molar-refractivity contribution is 0.889. The van der Waals surface area contributed by atoms with E-state index in [1.54, 1.807) is 0 Å². The molecule has 0 saturated heterocycles. The molecule has 0 aliphatic rings. The third-order valence-electron chi connectivity index (χ3n) is 0.980. The standard InChI is InChI=1S/C6H8NS/c1-5(2)6-3-4-7-8-6/h3,5H,1-2H3. The summed E-state index contributed by atoms with van der Waals surface area (Å²) in [7, 11) is 0. The summed E-state index contributed by atoms with van der Waals surface area (Å²) in [6.45, 7) is 4.31. The molecule has 0 unspecified atom stereocenters. The zero-order valence-corrected chi connectivity index (χ0v) is 5.83. The molecular formula is C6H8NS. The van der Waals surface area contributed by atoms with Gasteiger partial charge in [0.25, 0.3) is 0 Å². The molecule has 1 aromatic heterocycles. The molecule has 0 spiro atoms. The Morgan fingerprint density at radius 1 is 1.75 bits per heavy atom. The summed E-state index contributed by atoms with van der Waals surface area (Å²) in [6, 6.07) is 1.94. The van der Waals surface area contributed by atoms with Gasteiger partial charge in [0.15, 0.2) is 0 Å². The van der Waals surface area contributed by atoms with Crippen molar-refractivity contribution in [3.63, 3.8) is 0 Å². The van der Waals surface area contributed by atoms with Crippen LogP contribution in [0.25, 0.3) is 0 Å². The molecule has 0 amide bonds. The molecule has 0 fully saturated rings. The smallest absolute Gasteiger partial charge is 0.104 e. The fraction of sp³-hybridized carbons (Fsp3) is 0.500. The van der Waals surface area contributed by atoms with E-state index in [0.29, 0.717) is 5.92 Å². The van der Waals surface area contributed by atoms with E-state index in [2.05, 4.69) is 24.4 Å². The second-order valence-corrected chi connectivity index (χ2v) is 2.85. The maximum atomic E-state index is 3.86. The molecule has 1 nitrogen and oxygen atoms in total. The summed E-state index contributed by atoms with van der Waals surface area (Å²) in [5.41, 5.74) is 0. The first-order chi connectivity index (χ1) is 3.80. The predicted molar refractivity (Wildman–Crippen MR) is 35.0 cm³/mol. The fourth-order valence-electron chi connectivity index (χ4n) is 0.467. The summed E-state index contributed by atoms with van der Waals surface area (Å²) in [4.78, 5) is 1.31. The highest BCUT2D eigenvalue weighted by Crippen LogP contribution is 2.15. The van der Waals surface area contributed by atoms with Crippen molar-refractivity contribution in [3.8, 4) is 0 Å². The number of aromatic nitrogens is 1. The molecule has 1 rings (SSSR count). The molecule has 1 radical (unpaired) electrons. The first-order valence-corrected chi connectivity index (χ1v) is 3.40. The first kappa shape index (κ1) is 5.76. The maximum Gasteiger partial charge on any atom is 0.104 e. The minimum atomic E-state index is 0.610. The van der Waals surface area contributed by atoms with E-state index in [9.17, 15) is 0 Å². The Bertz CT molecular complexity index is 144. The Kier molecular flexibility index (Phi) is 1.63. The zero-order valence-electron chi connectivity index (χ0n) is 5.01. The van der Waals surface area contributed by atoms with E-state index in [4.69, 9.17) is 0 Å². The summed E-state index contributed by atoms with van der Waals surface area (Å²) in [5.74, 6) is 0.610. The van der Waals surface area contributed by atoms with Gasteiger partial charge in [-0.05, 0) is 23.5 Å². The number of nitrogens with zero attached hydrogens (tertiary/aromatic N) is 1. The Morgan fingerprint density at radius 3 is 2.75 bits per heavy atom. The molecule has 1 heterocycles. The monoisotopic (exact) mass is 126 g/mol. The van der Waals surface area contributed by atoms with Gasteiger partial charge in [-0.3, -0.25) is 0 Å². The molecule has 0 N–H and O–H groups in total. The average Bonchev–Trinajstić information content (AvgIpc) is 2.12. The predicted octanol–water partition coefficient (Wildman–Crippen LogP) is 2.07. The van der Waals surface area contributed by atoms with Crippen LogP contribution in [0.3, 0.4) is 0 Å². The zero-order chi connectivity index (χ0) is 5.98. The third kappa shape index (κ3) is 1.07. The van der Waals surface area contributed by atoms with Crippen molar-refractivity contribution in [2.75, 3.05) is 0 Å². The van der Waals surface area contributed by atoms with Crippen molar-refractivity contribution in [3.05, 3.63) is 17.1 Å². The summed E-state index contributed by atoms with van der Waals surface area (Å²) >= 11 is 1.53. The van der Waals surface area contributed by atoms with Crippen LogP contribution < -0.4 is 0 Å². The lowest BCUT2D eigenvalue weighted by atomic mass is 10.2. The van der Waals surface area contributed by atoms with Gasteiger partial charge < -0.3 is 0 Å². The molecule has 0 aliphatic carbocycles. The number of rotatable bonds is 1. The van der Waals surface area contributed by atoms with E-state index in [1.807, 2.05) is 6.07 Å². The average molecular weight is 126 g/mol. The van der Waals surface area contributed by atoms with Gasteiger partial charge in [-0.25, -0.2) is 0 Å². The van der Waals surface area contributed by atoms with Crippen LogP contribution in [0.1, 0.15) is 24.6 Å². The molecule has 0 saturated carbocycles. The normalized spacial score (nSPS) is 10.4. The molecule has 1 aromatic rings. The highest BCUT2D eigenvalue weighted by atomic mass is 32.1. The van der Waals surface area contributed by atoms with Crippen LogP contribution in [0.4, 0.5) is 0 Å². The molecule has 0 aromatic carbocycles. The summed E-state index contributed by atoms with van der Waals surface area (Å²) in [6.07, 6.45) is 2.78. The quantitative estimate of drug-likeness (QED) is 0.561. The topological polar surface area (TPSA) is 12.9 Å². The SMILES string of the molecule is CC(C)c1c[c]ns1. The first-order valence-electron chi connectivity index (χ1n) is 2.63. The molecule has 0 aliphatic heterocycles. The molecule has 0 atom stereocenters. The van der Waals surface area contributed by atoms with E-state index in [1.165, 1.54) is 16.4 Å². The van der Waals surface area contributed by atoms with Crippen LogP contribution >= 0.6 is 11.5 Å². The van der Waals surface area contributed by atoms with Gasteiger partial charge in [0, 0.05) is 4.88 Å². The van der Waals surface area contributed by atoms with Crippen LogP contribution in [0, 0.1) is 6.20 Å². The van der Waals surface area contributed by atoms with E-state index in [0.717, 1.165) is 0 Å². The lowest BCUT2D eigenvalue weighted by Gasteiger charge is -1.94. The fourth-order valence-corrected chi connectivity index (χ4v) is 0.995. The Morgan fingerprint density at radius 2 is 2.50 bits per heavy atom. The minimum absolute atomic E-state index is 0.610. The molecule has 2 heteroatoms. The van der Waals surface area contributed by atoms with E-state index >= 15 is 0 Å². The van der Waals surface area contributed by atoms with E-state index < -0.39 is 0 Å². The maximum absolute atomic E-state index is 3.86. The van der Waals surface area contributed by atoms with Gasteiger partial charge in [0.1, 0.15) is 6.20 Å². The molecule has 0 bridgehead atoms. The van der Waals surface area contributed by atoms with Gasteiger partial charge in [-0.2, -0.15) is 4.37 Å². The largest absolute Gasteiger partial charge is 0.191 e. The van der Waals surface area contributed by atoms with Crippen molar-refractivity contribution in [2.24, 2.45) is 0 Å². The van der Waals surface area contributed by atoms with Gasteiger partial charge in [-0.1, -0.05) is 13.8 Å². The highest BCUT2D eigenvalue weighted by molar-refractivity contribution is 7.05. The van der Waals surface area contributed by atoms with Crippen molar-refractivity contribution < 1.29 is 0 Å². The van der Waals surface area contributed by atoms with Gasteiger partial charge in [0.05, 0.1) is 0 Å². The van der Waals surface area contributed by atoms with Crippen LogP contribution in [0.15, 0.2) is 6.07 Å². The summed E-state index contributed by atoms with van der Waals surface area (Å²) in [5, 5.41) is 0. The Labute approximate surface area is 53.5 Å². The van der Waals surface area contributed by atoms with Crippen LogP contribution in [-0.2, 0) is 0 Å². The summed E-state index contributed by atoms with van der Waals surface area (Å²) < 4.78 is 3.86. The van der Waals surface area contributed by atoms with Crippen molar-refractivity contribution >= 4 is 11.5 Å². The highest BCUT2D eigenvalue weighted by Gasteiger charge is 1.97. The molecular weight excluding hydrogens is 118 g/mol. The van der Waals surface area contributed by atoms with E-state index in [-0.39, 0.29) is 0 Å². The van der Waals surface area contributed by atoms with Crippen LogP contribution in [0.2, 0.25) is 0 Å². The van der Waals surface area contributed by atoms with Crippen LogP contribution in [0.5, 0.6) is 0 Å². The van der Waals surface area contributed by atoms with Gasteiger partial charge >= 0.3 is 0 Å². The van der Waals surface area contributed by atoms with Crippen molar-refractivity contribution in [1.29, 1.82) is 0 Å². The second kappa shape index (κ2) is 2.27. The second-order valence-electron chi connectivity index (χ2n) is 2.01. The number of hydrogen-bond acceptors (Lipinski definition) is 2. The van der Waals surface area contributed by atoms with Crippen molar-refractivity contribution in [2.45, 2.75) is 19.8 Å². The van der Waals surface area contributed by atoms with Crippen molar-refractivity contribution in [1.82, 2.24) is 4.37 Å². The van der Waals surface area contributed by atoms with Gasteiger partial charge in [0.2, 0.25) is 0 Å². The number of hydrogen-bond donors (Lipinski definition) is 0.